The van der Waals surface area contributed by atoms with E-state index in [-0.39, 0.29) is 18.1 Å². The number of aliphatic hydroxyl groups excluding tert-OH is 1. The van der Waals surface area contributed by atoms with E-state index < -0.39 is 6.61 Å². The van der Waals surface area contributed by atoms with Crippen molar-refractivity contribution < 1.29 is 14.6 Å². The van der Waals surface area contributed by atoms with E-state index in [4.69, 9.17) is 9.84 Å². The SMILES string of the molecule is CC(C)Oc1ccc(-c2ncc(-c3cccc4c3CC[C@H]4NC(=O)CO)s2)cc1C#N. The predicted octanol–water partition coefficient (Wildman–Crippen LogP) is 4.23. The Hall–Kier alpha value is -3.21. The highest BCUT2D eigenvalue weighted by atomic mass is 32.1. The summed E-state index contributed by atoms with van der Waals surface area (Å²) < 4.78 is 5.71. The molecule has 1 aliphatic carbocycles. The number of hydrogen-bond acceptors (Lipinski definition) is 6. The van der Waals surface area contributed by atoms with Crippen molar-refractivity contribution in [2.75, 3.05) is 6.61 Å². The molecule has 1 atom stereocenters. The first-order valence-electron chi connectivity index (χ1n) is 10.2. The molecule has 0 saturated carbocycles. The van der Waals surface area contributed by atoms with Gasteiger partial charge in [-0.1, -0.05) is 18.2 Å². The lowest BCUT2D eigenvalue weighted by atomic mass is 10.0. The van der Waals surface area contributed by atoms with Crippen LogP contribution < -0.4 is 10.1 Å². The molecular formula is C24H23N3O3S. The third kappa shape index (κ3) is 4.31. The fourth-order valence-corrected chi connectivity index (χ4v) is 4.88. The van der Waals surface area contributed by atoms with Crippen LogP contribution in [0.25, 0.3) is 21.0 Å². The molecule has 1 heterocycles. The van der Waals surface area contributed by atoms with Crippen LogP contribution >= 0.6 is 11.3 Å². The second-order valence-corrected chi connectivity index (χ2v) is 8.74. The maximum atomic E-state index is 11.6. The first-order chi connectivity index (χ1) is 15.0. The Morgan fingerprint density at radius 3 is 2.97 bits per heavy atom. The number of carbonyl (C=O) groups is 1. The number of benzene rings is 2. The van der Waals surface area contributed by atoms with E-state index in [0.717, 1.165) is 39.4 Å². The zero-order valence-corrected chi connectivity index (χ0v) is 18.2. The van der Waals surface area contributed by atoms with Gasteiger partial charge in [0.2, 0.25) is 5.91 Å². The number of aromatic nitrogens is 1. The molecule has 2 aromatic carbocycles. The Morgan fingerprint density at radius 2 is 2.23 bits per heavy atom. The lowest BCUT2D eigenvalue weighted by Gasteiger charge is -2.14. The maximum Gasteiger partial charge on any atom is 0.246 e. The first kappa shape index (κ1) is 21.0. The highest BCUT2D eigenvalue weighted by Crippen LogP contribution is 2.41. The third-order valence-corrected chi connectivity index (χ3v) is 6.31. The molecule has 158 valence electrons. The second kappa shape index (κ2) is 8.88. The molecule has 0 saturated heterocycles. The van der Waals surface area contributed by atoms with Crippen molar-refractivity contribution in [3.8, 4) is 32.8 Å². The van der Waals surface area contributed by atoms with Crippen LogP contribution in [0.4, 0.5) is 0 Å². The van der Waals surface area contributed by atoms with Gasteiger partial charge in [0.1, 0.15) is 23.4 Å². The van der Waals surface area contributed by atoms with Gasteiger partial charge in [0.05, 0.1) is 22.6 Å². The number of nitrogens with one attached hydrogen (secondary N) is 1. The van der Waals surface area contributed by atoms with E-state index >= 15 is 0 Å². The molecule has 1 amide bonds. The number of nitrogens with zero attached hydrogens (tertiary/aromatic N) is 2. The summed E-state index contributed by atoms with van der Waals surface area (Å²) in [4.78, 5) is 17.3. The van der Waals surface area contributed by atoms with Gasteiger partial charge >= 0.3 is 0 Å². The maximum absolute atomic E-state index is 11.6. The average Bonchev–Trinajstić information content (AvgIpc) is 3.41. The number of aliphatic hydroxyl groups is 1. The van der Waals surface area contributed by atoms with Crippen LogP contribution in [0.1, 0.15) is 43.0 Å². The van der Waals surface area contributed by atoms with Crippen molar-refractivity contribution in [1.82, 2.24) is 10.3 Å². The number of ether oxygens (including phenoxy) is 1. The fourth-order valence-electron chi connectivity index (χ4n) is 3.91. The number of carbonyl (C=O) groups excluding carboxylic acids is 1. The first-order valence-corrected chi connectivity index (χ1v) is 11.0. The van der Waals surface area contributed by atoms with E-state index in [2.05, 4.69) is 22.4 Å². The minimum absolute atomic E-state index is 0.00409. The van der Waals surface area contributed by atoms with Crippen molar-refractivity contribution in [3.05, 3.63) is 59.3 Å². The summed E-state index contributed by atoms with van der Waals surface area (Å²) in [7, 11) is 0. The molecule has 3 aromatic rings. The lowest BCUT2D eigenvalue weighted by molar-refractivity contribution is -0.124. The number of hydrogen-bond donors (Lipinski definition) is 2. The van der Waals surface area contributed by atoms with Crippen LogP contribution in [0.15, 0.2) is 42.6 Å². The number of thiazole rings is 1. The normalized spacial score (nSPS) is 14.9. The number of fused-ring (bicyclic) bond motifs is 1. The van der Waals surface area contributed by atoms with Crippen LogP contribution in [-0.4, -0.2) is 28.7 Å². The van der Waals surface area contributed by atoms with Crippen molar-refractivity contribution in [1.29, 1.82) is 5.26 Å². The van der Waals surface area contributed by atoms with Crippen LogP contribution in [-0.2, 0) is 11.2 Å². The van der Waals surface area contributed by atoms with E-state index in [1.807, 2.05) is 50.4 Å². The van der Waals surface area contributed by atoms with Gasteiger partial charge in [0, 0.05) is 11.8 Å². The Kier molecular flexibility index (Phi) is 6.03. The molecular weight excluding hydrogens is 410 g/mol. The summed E-state index contributed by atoms with van der Waals surface area (Å²) in [5.41, 5.74) is 4.79. The largest absolute Gasteiger partial charge is 0.490 e. The third-order valence-electron chi connectivity index (χ3n) is 5.23. The molecule has 0 spiro atoms. The molecule has 0 radical (unpaired) electrons. The van der Waals surface area contributed by atoms with Gasteiger partial charge in [-0.05, 0) is 61.6 Å². The average molecular weight is 434 g/mol. The molecule has 0 aliphatic heterocycles. The molecule has 7 heteroatoms. The highest BCUT2D eigenvalue weighted by Gasteiger charge is 2.26. The monoisotopic (exact) mass is 433 g/mol. The summed E-state index contributed by atoms with van der Waals surface area (Å²) in [5, 5.41) is 22.3. The molecule has 4 rings (SSSR count). The quantitative estimate of drug-likeness (QED) is 0.607. The van der Waals surface area contributed by atoms with Gasteiger partial charge in [0.25, 0.3) is 0 Å². The summed E-state index contributed by atoms with van der Waals surface area (Å²) >= 11 is 1.57. The topological polar surface area (TPSA) is 95.2 Å². The van der Waals surface area contributed by atoms with Gasteiger partial charge in [-0.2, -0.15) is 5.26 Å². The van der Waals surface area contributed by atoms with E-state index in [1.165, 1.54) is 5.56 Å². The Labute approximate surface area is 185 Å². The Morgan fingerprint density at radius 1 is 1.39 bits per heavy atom. The highest BCUT2D eigenvalue weighted by molar-refractivity contribution is 7.18. The summed E-state index contributed by atoms with van der Waals surface area (Å²) in [6.07, 6.45) is 3.53. The Balaban J connectivity index is 1.64. The van der Waals surface area contributed by atoms with Gasteiger partial charge < -0.3 is 15.2 Å². The molecule has 1 aliphatic rings. The Bertz CT molecular complexity index is 1160. The van der Waals surface area contributed by atoms with Crippen molar-refractivity contribution >= 4 is 17.2 Å². The van der Waals surface area contributed by atoms with E-state index in [0.29, 0.717) is 11.3 Å². The minimum atomic E-state index is -0.505. The lowest BCUT2D eigenvalue weighted by Crippen LogP contribution is -2.29. The van der Waals surface area contributed by atoms with Crippen LogP contribution in [0.2, 0.25) is 0 Å². The van der Waals surface area contributed by atoms with Crippen molar-refractivity contribution in [2.24, 2.45) is 0 Å². The van der Waals surface area contributed by atoms with Crippen LogP contribution in [0, 0.1) is 11.3 Å². The van der Waals surface area contributed by atoms with Crippen molar-refractivity contribution in [3.63, 3.8) is 0 Å². The zero-order valence-electron chi connectivity index (χ0n) is 17.4. The standard InChI is InChI=1S/C24H23N3O3S/c1-14(2)30-21-9-6-15(10-16(21)11-25)24-26-12-22(31-24)19-5-3-4-18-17(19)7-8-20(18)27-23(29)13-28/h3-6,9-10,12,14,20,28H,7-8,13H2,1-2H3,(H,27,29)/t20-/m1/s1. The van der Waals surface area contributed by atoms with Crippen molar-refractivity contribution in [2.45, 2.75) is 38.8 Å². The number of rotatable bonds is 6. The molecule has 1 aromatic heterocycles. The molecule has 6 nitrogen and oxygen atoms in total. The molecule has 0 bridgehead atoms. The van der Waals surface area contributed by atoms with E-state index in [1.54, 1.807) is 11.3 Å². The minimum Gasteiger partial charge on any atom is -0.490 e. The fraction of sp³-hybridized carbons (Fsp3) is 0.292. The van der Waals surface area contributed by atoms with Gasteiger partial charge in [-0.25, -0.2) is 4.98 Å². The molecule has 31 heavy (non-hydrogen) atoms. The second-order valence-electron chi connectivity index (χ2n) is 7.71. The summed E-state index contributed by atoms with van der Waals surface area (Å²) in [6.45, 7) is 3.36. The van der Waals surface area contributed by atoms with E-state index in [9.17, 15) is 10.1 Å². The van der Waals surface area contributed by atoms with Gasteiger partial charge in [0.15, 0.2) is 0 Å². The van der Waals surface area contributed by atoms with Gasteiger partial charge in [-0.15, -0.1) is 11.3 Å². The number of nitriles is 1. The summed E-state index contributed by atoms with van der Waals surface area (Å²) in [6, 6.07) is 13.8. The molecule has 2 N–H and O–H groups in total. The molecule has 0 fully saturated rings. The smallest absolute Gasteiger partial charge is 0.246 e. The van der Waals surface area contributed by atoms with Gasteiger partial charge in [-0.3, -0.25) is 4.79 Å². The molecule has 0 unspecified atom stereocenters. The van der Waals surface area contributed by atoms with Crippen LogP contribution in [0.3, 0.4) is 0 Å². The van der Waals surface area contributed by atoms with Crippen LogP contribution in [0.5, 0.6) is 5.75 Å². The predicted molar refractivity (Wildman–Crippen MR) is 120 cm³/mol. The number of amides is 1. The summed E-state index contributed by atoms with van der Waals surface area (Å²) in [5.74, 6) is 0.219. The zero-order chi connectivity index (χ0) is 22.0.